The Kier molecular flexibility index (Phi) is 6.50. The van der Waals surface area contributed by atoms with Crippen LogP contribution in [0.25, 0.3) is 16.9 Å². The van der Waals surface area contributed by atoms with Crippen LogP contribution in [-0.4, -0.2) is 30.4 Å². The lowest BCUT2D eigenvalue weighted by Gasteiger charge is -2.30. The van der Waals surface area contributed by atoms with Gasteiger partial charge in [0.25, 0.3) is 0 Å². The van der Waals surface area contributed by atoms with E-state index in [0.717, 1.165) is 40.3 Å². The lowest BCUT2D eigenvalue weighted by Crippen LogP contribution is -2.39. The quantitative estimate of drug-likeness (QED) is 0.353. The molecule has 0 N–H and O–H groups in total. The van der Waals surface area contributed by atoms with E-state index in [4.69, 9.17) is 4.99 Å². The topological polar surface area (TPSA) is 54.7 Å². The maximum absolute atomic E-state index is 13.4. The van der Waals surface area contributed by atoms with E-state index in [9.17, 15) is 8.42 Å². The van der Waals surface area contributed by atoms with Gasteiger partial charge in [0.15, 0.2) is 4.80 Å². The fraction of sp³-hybridized carbons (Fsp3) is 0.222. The minimum atomic E-state index is -3.54. The number of rotatable bonds is 5. The summed E-state index contributed by atoms with van der Waals surface area (Å²) in [6, 6.07) is 27.2. The van der Waals surface area contributed by atoms with Crippen LogP contribution >= 0.6 is 11.3 Å². The van der Waals surface area contributed by atoms with Crippen molar-refractivity contribution in [1.82, 2.24) is 8.87 Å². The third-order valence-corrected chi connectivity index (χ3v) is 8.78. The lowest BCUT2D eigenvalue weighted by molar-refractivity contribution is 0.281. The highest BCUT2D eigenvalue weighted by Gasteiger charge is 2.29. The number of hydrogen-bond acceptors (Lipinski definition) is 4. The molecule has 1 saturated heterocycles. The molecule has 1 unspecified atom stereocenters. The maximum Gasteiger partial charge on any atom is 0.243 e. The average molecular weight is 490 g/mol. The molecule has 1 fully saturated rings. The highest BCUT2D eigenvalue weighted by Crippen LogP contribution is 2.29. The molecule has 7 heteroatoms. The summed E-state index contributed by atoms with van der Waals surface area (Å²) >= 11 is 1.54. The van der Waals surface area contributed by atoms with Gasteiger partial charge in [-0.15, -0.1) is 11.3 Å². The average Bonchev–Trinajstić information content (AvgIpc) is 3.29. The minimum absolute atomic E-state index is 0.339. The van der Waals surface area contributed by atoms with Crippen molar-refractivity contribution in [2.75, 3.05) is 13.1 Å². The summed E-state index contributed by atoms with van der Waals surface area (Å²) in [4.78, 5) is 6.04. The molecule has 2 heterocycles. The van der Waals surface area contributed by atoms with E-state index in [1.54, 1.807) is 16.4 Å². The molecule has 174 valence electrons. The van der Waals surface area contributed by atoms with Crippen LogP contribution in [0.4, 0.5) is 5.69 Å². The number of piperidine rings is 1. The Morgan fingerprint density at radius 1 is 0.941 bits per heavy atom. The molecule has 0 aliphatic carbocycles. The van der Waals surface area contributed by atoms with Crippen molar-refractivity contribution in [3.8, 4) is 16.9 Å². The standard InChI is InChI=1S/C27H27N3O2S2/c1-21-10-9-17-29(19-21)34(31,32)25-16-8-11-22(18-25)26-20-33-27(28-23-12-4-2-5-13-23)30(26)24-14-6-3-7-15-24/h2-8,11-16,18,20-21H,9-10,17,19H2,1H3. The Morgan fingerprint density at radius 3 is 2.41 bits per heavy atom. The van der Waals surface area contributed by atoms with Crippen LogP contribution in [0, 0.1) is 5.92 Å². The largest absolute Gasteiger partial charge is 0.285 e. The first-order valence-corrected chi connectivity index (χ1v) is 13.8. The molecule has 0 bridgehead atoms. The maximum atomic E-state index is 13.4. The fourth-order valence-electron chi connectivity index (χ4n) is 4.36. The van der Waals surface area contributed by atoms with Gasteiger partial charge in [-0.3, -0.25) is 4.57 Å². The summed E-state index contributed by atoms with van der Waals surface area (Å²) < 4.78 is 30.6. The Bertz CT molecular complexity index is 1440. The highest BCUT2D eigenvalue weighted by molar-refractivity contribution is 7.89. The number of hydrogen-bond donors (Lipinski definition) is 0. The molecule has 0 amide bonds. The smallest absolute Gasteiger partial charge is 0.243 e. The van der Waals surface area contributed by atoms with E-state index in [0.29, 0.717) is 23.9 Å². The van der Waals surface area contributed by atoms with Crippen molar-refractivity contribution in [3.05, 3.63) is 95.1 Å². The molecule has 5 nitrogen and oxygen atoms in total. The molecule has 4 aromatic rings. The van der Waals surface area contributed by atoms with Crippen LogP contribution in [0.15, 0.2) is 100 Å². The second-order valence-electron chi connectivity index (χ2n) is 8.66. The highest BCUT2D eigenvalue weighted by atomic mass is 32.2. The van der Waals surface area contributed by atoms with Crippen molar-refractivity contribution in [2.45, 2.75) is 24.7 Å². The van der Waals surface area contributed by atoms with Gasteiger partial charge in [-0.25, -0.2) is 13.4 Å². The van der Waals surface area contributed by atoms with Crippen molar-refractivity contribution < 1.29 is 8.42 Å². The first-order valence-electron chi connectivity index (χ1n) is 11.5. The van der Waals surface area contributed by atoms with E-state index in [1.165, 1.54) is 11.3 Å². The number of sulfonamides is 1. The molecule has 34 heavy (non-hydrogen) atoms. The molecule has 1 aromatic heterocycles. The van der Waals surface area contributed by atoms with Crippen molar-refractivity contribution in [2.24, 2.45) is 10.9 Å². The van der Waals surface area contributed by atoms with Gasteiger partial charge in [-0.05, 0) is 55.2 Å². The summed E-state index contributed by atoms with van der Waals surface area (Å²) in [6.45, 7) is 3.28. The molecule has 0 radical (unpaired) electrons. The number of para-hydroxylation sites is 2. The van der Waals surface area contributed by atoms with Gasteiger partial charge in [0.05, 0.1) is 16.3 Å². The fourth-order valence-corrected chi connectivity index (χ4v) is 6.93. The number of thiazole rings is 1. The third kappa shape index (κ3) is 4.64. The third-order valence-electron chi connectivity index (χ3n) is 6.09. The summed E-state index contributed by atoms with van der Waals surface area (Å²) in [5.41, 5.74) is 3.61. The SMILES string of the molecule is CC1CCCN(S(=O)(=O)c2cccc(-c3csc(=Nc4ccccc4)n3-c3ccccc3)c2)C1. The van der Waals surface area contributed by atoms with Crippen LogP contribution < -0.4 is 4.80 Å². The zero-order valence-corrected chi connectivity index (χ0v) is 20.7. The predicted octanol–water partition coefficient (Wildman–Crippen LogP) is 5.86. The molecule has 1 aliphatic heterocycles. The van der Waals surface area contributed by atoms with Gasteiger partial charge in [0.2, 0.25) is 10.0 Å². The molecular weight excluding hydrogens is 462 g/mol. The lowest BCUT2D eigenvalue weighted by atomic mass is 10.0. The number of aromatic nitrogens is 1. The van der Waals surface area contributed by atoms with Gasteiger partial charge in [0.1, 0.15) is 0 Å². The monoisotopic (exact) mass is 489 g/mol. The van der Waals surface area contributed by atoms with Crippen LogP contribution in [0.1, 0.15) is 19.8 Å². The van der Waals surface area contributed by atoms with E-state index < -0.39 is 10.0 Å². The molecule has 0 saturated carbocycles. The van der Waals surface area contributed by atoms with Gasteiger partial charge in [0, 0.05) is 29.7 Å². The second-order valence-corrected chi connectivity index (χ2v) is 11.4. The summed E-state index contributed by atoms with van der Waals surface area (Å²) in [6.07, 6.45) is 1.98. The van der Waals surface area contributed by atoms with Gasteiger partial charge >= 0.3 is 0 Å². The van der Waals surface area contributed by atoms with E-state index in [2.05, 4.69) is 11.5 Å². The molecular formula is C27H27N3O2S2. The zero-order valence-electron chi connectivity index (χ0n) is 19.0. The van der Waals surface area contributed by atoms with Crippen molar-refractivity contribution in [3.63, 3.8) is 0 Å². The first-order chi connectivity index (χ1) is 16.5. The molecule has 1 aliphatic rings. The second kappa shape index (κ2) is 9.70. The summed E-state index contributed by atoms with van der Waals surface area (Å²) in [5, 5.41) is 2.05. The van der Waals surface area contributed by atoms with Crippen LogP contribution in [0.3, 0.4) is 0 Å². The Morgan fingerprint density at radius 2 is 1.68 bits per heavy atom. The van der Waals surface area contributed by atoms with Crippen molar-refractivity contribution >= 4 is 27.0 Å². The van der Waals surface area contributed by atoms with Gasteiger partial charge in [-0.2, -0.15) is 4.31 Å². The molecule has 5 rings (SSSR count). The first kappa shape index (κ1) is 22.8. The minimum Gasteiger partial charge on any atom is -0.285 e. The Hall–Kier alpha value is -3.00. The van der Waals surface area contributed by atoms with E-state index in [1.807, 2.05) is 78.2 Å². The normalized spacial score (nSPS) is 17.7. The summed E-state index contributed by atoms with van der Waals surface area (Å²) in [7, 11) is -3.54. The van der Waals surface area contributed by atoms with E-state index >= 15 is 0 Å². The number of benzene rings is 3. The zero-order chi connectivity index (χ0) is 23.5. The molecule has 1 atom stereocenters. The van der Waals surface area contributed by atoms with Gasteiger partial charge in [-0.1, -0.05) is 55.5 Å². The van der Waals surface area contributed by atoms with Crippen LogP contribution in [0.5, 0.6) is 0 Å². The van der Waals surface area contributed by atoms with Gasteiger partial charge < -0.3 is 0 Å². The molecule has 0 spiro atoms. The van der Waals surface area contributed by atoms with Crippen molar-refractivity contribution in [1.29, 1.82) is 0 Å². The number of nitrogens with zero attached hydrogens (tertiary/aromatic N) is 3. The van der Waals surface area contributed by atoms with E-state index in [-0.39, 0.29) is 0 Å². The Balaban J connectivity index is 1.62. The molecule has 3 aromatic carbocycles. The predicted molar refractivity (Wildman–Crippen MR) is 138 cm³/mol. The Labute approximate surface area is 204 Å². The van der Waals surface area contributed by atoms with Crippen LogP contribution in [-0.2, 0) is 10.0 Å². The van der Waals surface area contributed by atoms with Crippen LogP contribution in [0.2, 0.25) is 0 Å². The summed E-state index contributed by atoms with van der Waals surface area (Å²) in [5.74, 6) is 0.381.